The Morgan fingerprint density at radius 3 is 2.18 bits per heavy atom. The van der Waals surface area contributed by atoms with E-state index in [4.69, 9.17) is 4.74 Å². The lowest BCUT2D eigenvalue weighted by Crippen LogP contribution is -2.33. The first-order chi connectivity index (χ1) is 23.6. The maximum absolute atomic E-state index is 14.2. The predicted molar refractivity (Wildman–Crippen MR) is 184 cm³/mol. The Bertz CT molecular complexity index is 2050. The van der Waals surface area contributed by atoms with Gasteiger partial charge in [0.1, 0.15) is 11.8 Å². The van der Waals surface area contributed by atoms with Crippen molar-refractivity contribution < 1.29 is 37.1 Å². The quantitative estimate of drug-likeness (QED) is 0.164. The third-order valence-corrected chi connectivity index (χ3v) is 11.2. The predicted octanol–water partition coefficient (Wildman–Crippen LogP) is 6.84. The summed E-state index contributed by atoms with van der Waals surface area (Å²) in [5, 5.41) is 1.83. The Balaban J connectivity index is 1.38. The van der Waals surface area contributed by atoms with Crippen molar-refractivity contribution in [3.63, 3.8) is 0 Å². The van der Waals surface area contributed by atoms with Gasteiger partial charge in [-0.05, 0) is 59.9 Å². The number of halogens is 3. The van der Waals surface area contributed by atoms with E-state index in [2.05, 4.69) is 5.32 Å². The fraction of sp³-hybridized carbons (Fsp3) is 0.306. The molecule has 50 heavy (non-hydrogen) atoms. The molecule has 0 radical (unpaired) electrons. The molecule has 2 aliphatic rings. The summed E-state index contributed by atoms with van der Waals surface area (Å²) in [5.74, 6) is -4.67. The third-order valence-electron chi connectivity index (χ3n) is 8.62. The molecule has 0 aliphatic carbocycles. The molecule has 3 heterocycles. The van der Waals surface area contributed by atoms with E-state index < -0.39 is 69.6 Å². The number of anilines is 2. The zero-order valence-electron chi connectivity index (χ0n) is 27.4. The number of rotatable bonds is 7. The van der Waals surface area contributed by atoms with E-state index in [0.717, 1.165) is 40.8 Å². The van der Waals surface area contributed by atoms with Crippen molar-refractivity contribution in [2.24, 2.45) is 5.92 Å². The van der Waals surface area contributed by atoms with Gasteiger partial charge in [-0.15, -0.1) is 0 Å². The summed E-state index contributed by atoms with van der Waals surface area (Å²) in [6.45, 7) is 7.56. The largest absolute Gasteiger partial charge is 0.462 e. The molecular formula is C36H32F3N3O6S2. The molecule has 0 bridgehead atoms. The van der Waals surface area contributed by atoms with E-state index in [1.54, 1.807) is 6.92 Å². The van der Waals surface area contributed by atoms with Crippen LogP contribution in [0.2, 0.25) is 0 Å². The summed E-state index contributed by atoms with van der Waals surface area (Å²) >= 11 is 1.75. The number of para-hydroxylation sites is 1. The van der Waals surface area contributed by atoms with E-state index >= 15 is 0 Å². The molecule has 260 valence electrons. The Morgan fingerprint density at radius 2 is 1.56 bits per heavy atom. The highest BCUT2D eigenvalue weighted by atomic mass is 32.2. The molecule has 1 aromatic heterocycles. The number of fused-ring (bicyclic) bond motifs is 2. The van der Waals surface area contributed by atoms with Crippen LogP contribution in [0.15, 0.2) is 82.6 Å². The summed E-state index contributed by atoms with van der Waals surface area (Å²) in [5.41, 5.74) is 0.392. The smallest absolute Gasteiger partial charge is 0.418 e. The van der Waals surface area contributed by atoms with Crippen molar-refractivity contribution in [1.82, 2.24) is 4.57 Å². The average Bonchev–Trinajstić information content (AvgIpc) is 3.50. The van der Waals surface area contributed by atoms with Crippen LogP contribution in [-0.4, -0.2) is 40.1 Å². The molecule has 0 saturated carbocycles. The van der Waals surface area contributed by atoms with Gasteiger partial charge in [0.15, 0.2) is 0 Å². The van der Waals surface area contributed by atoms with Gasteiger partial charge in [-0.25, -0.2) is 9.69 Å². The maximum atomic E-state index is 14.2. The molecule has 3 aromatic carbocycles. The minimum Gasteiger partial charge on any atom is -0.462 e. The molecule has 4 aromatic rings. The summed E-state index contributed by atoms with van der Waals surface area (Å²) in [4.78, 5) is 67.5. The van der Waals surface area contributed by atoms with Gasteiger partial charge in [-0.1, -0.05) is 80.3 Å². The second-order valence-electron chi connectivity index (χ2n) is 12.9. The number of nitrogens with zero attached hydrogens (tertiary/aromatic N) is 2. The lowest BCUT2D eigenvalue weighted by molar-refractivity contribution is -0.137. The van der Waals surface area contributed by atoms with Gasteiger partial charge in [-0.3, -0.25) is 23.7 Å². The van der Waals surface area contributed by atoms with Crippen molar-refractivity contribution >= 4 is 58.2 Å². The lowest BCUT2D eigenvalue weighted by atomic mass is 9.81. The first-order valence-electron chi connectivity index (χ1n) is 15.7. The number of carbonyl (C=O) groups excluding carboxylic acids is 4. The number of ether oxygens (including phenoxy) is 1. The number of hydrogen-bond acceptors (Lipinski definition) is 8. The number of hydrogen-bond donors (Lipinski definition) is 1. The van der Waals surface area contributed by atoms with Crippen LogP contribution in [0.3, 0.4) is 0 Å². The third kappa shape index (κ3) is 6.49. The molecule has 3 atom stereocenters. The molecule has 0 spiro atoms. The van der Waals surface area contributed by atoms with Gasteiger partial charge in [0, 0.05) is 16.5 Å². The van der Waals surface area contributed by atoms with Gasteiger partial charge in [0.05, 0.1) is 34.4 Å². The van der Waals surface area contributed by atoms with Gasteiger partial charge < -0.3 is 10.1 Å². The molecule has 1 fully saturated rings. The molecule has 1 saturated heterocycles. The van der Waals surface area contributed by atoms with Gasteiger partial charge in [-0.2, -0.15) is 13.2 Å². The first-order valence-corrected chi connectivity index (χ1v) is 17.4. The summed E-state index contributed by atoms with van der Waals surface area (Å²) in [6, 6.07) is 17.9. The van der Waals surface area contributed by atoms with Crippen LogP contribution in [-0.2, 0) is 37.3 Å². The topological polar surface area (TPSA) is 115 Å². The van der Waals surface area contributed by atoms with Crippen molar-refractivity contribution in [2.45, 2.75) is 62.0 Å². The lowest BCUT2D eigenvalue weighted by Gasteiger charge is -2.31. The molecule has 1 N–H and O–H groups in total. The highest BCUT2D eigenvalue weighted by Crippen LogP contribution is 2.54. The van der Waals surface area contributed by atoms with Crippen molar-refractivity contribution in [1.29, 1.82) is 0 Å². The maximum Gasteiger partial charge on any atom is 0.418 e. The number of amides is 3. The normalized spacial score (nSPS) is 18.9. The van der Waals surface area contributed by atoms with E-state index in [1.807, 2.05) is 45.0 Å². The van der Waals surface area contributed by atoms with Crippen molar-refractivity contribution in [2.75, 3.05) is 16.8 Å². The van der Waals surface area contributed by atoms with E-state index in [9.17, 15) is 37.1 Å². The zero-order valence-corrected chi connectivity index (χ0v) is 29.0. The van der Waals surface area contributed by atoms with Crippen LogP contribution < -0.4 is 15.1 Å². The number of aromatic nitrogens is 1. The average molecular weight is 724 g/mol. The fourth-order valence-electron chi connectivity index (χ4n) is 6.20. The summed E-state index contributed by atoms with van der Waals surface area (Å²) < 4.78 is 48.4. The molecule has 6 rings (SSSR count). The minimum absolute atomic E-state index is 0.202. The van der Waals surface area contributed by atoms with Crippen LogP contribution in [0, 0.1) is 5.92 Å². The van der Waals surface area contributed by atoms with Crippen molar-refractivity contribution in [3.8, 4) is 0 Å². The van der Waals surface area contributed by atoms with Gasteiger partial charge in [0.25, 0.3) is 0 Å². The monoisotopic (exact) mass is 723 g/mol. The van der Waals surface area contributed by atoms with Crippen LogP contribution >= 0.6 is 23.1 Å². The number of imide groups is 1. The first kappa shape index (κ1) is 35.1. The number of carbonyl (C=O) groups is 4. The Kier molecular flexibility index (Phi) is 9.29. The highest BCUT2D eigenvalue weighted by molar-refractivity contribution is 8.00. The number of benzene rings is 3. The number of thioether (sulfide) groups is 1. The van der Waals surface area contributed by atoms with Crippen LogP contribution in [0.1, 0.15) is 65.5 Å². The summed E-state index contributed by atoms with van der Waals surface area (Å²) in [7, 11) is 0. The molecular weight excluding hydrogens is 692 g/mol. The standard InChI is InChI=1S/C36H32F3N3O6S2/c1-5-48-33(46)20-12-16-22(17-13-20)40-25(43)18-41-32-29(50-34(41)47)26(19-10-14-21(15-11-19)35(2,3)4)27-28(49-32)31(45)42(30(27)44)24-9-7-6-8-23(24)36(37,38)39/h6-17,26-28H,5,18H2,1-4H3,(H,40,43)/t26-,27-,28+/m0/s1. The molecule has 0 unspecified atom stereocenters. The highest BCUT2D eigenvalue weighted by Gasteiger charge is 2.57. The SMILES string of the molecule is CCOC(=O)c1ccc(NC(=O)Cn2c3c(sc2=O)[C@@H](c2ccc(C(C)(C)C)cc2)[C@@H]2C(=O)N(c4ccccc4C(F)(F)F)C(=O)[C@@H]2S3)cc1. The Labute approximate surface area is 293 Å². The second-order valence-corrected chi connectivity index (χ2v) is 15.0. The Morgan fingerprint density at radius 1 is 0.900 bits per heavy atom. The molecule has 14 heteroatoms. The summed E-state index contributed by atoms with van der Waals surface area (Å²) in [6.07, 6.45) is -4.83. The minimum atomic E-state index is -4.83. The van der Waals surface area contributed by atoms with Crippen LogP contribution in [0.25, 0.3) is 0 Å². The number of esters is 1. The Hall–Kier alpha value is -4.69. The van der Waals surface area contributed by atoms with Gasteiger partial charge in [0.2, 0.25) is 17.7 Å². The van der Waals surface area contributed by atoms with Crippen LogP contribution in [0.4, 0.5) is 24.5 Å². The van der Waals surface area contributed by atoms with Gasteiger partial charge >= 0.3 is 17.0 Å². The van der Waals surface area contributed by atoms with Crippen molar-refractivity contribution in [3.05, 3.63) is 110 Å². The molecule has 3 amide bonds. The number of nitrogens with one attached hydrogen (secondary N) is 1. The molecule has 2 aliphatic heterocycles. The van der Waals surface area contributed by atoms with E-state index in [0.29, 0.717) is 31.6 Å². The van der Waals surface area contributed by atoms with Crippen LogP contribution in [0.5, 0.6) is 0 Å². The number of thiazole rings is 1. The molecule has 9 nitrogen and oxygen atoms in total. The van der Waals surface area contributed by atoms with E-state index in [1.165, 1.54) is 41.0 Å². The van der Waals surface area contributed by atoms with E-state index in [-0.39, 0.29) is 12.0 Å². The fourth-order valence-corrected chi connectivity index (χ4v) is 8.97. The zero-order chi connectivity index (χ0) is 36.1. The number of alkyl halides is 3. The second kappa shape index (κ2) is 13.2.